The second-order valence-electron chi connectivity index (χ2n) is 5.07. The van der Waals surface area contributed by atoms with Crippen molar-refractivity contribution in [3.05, 3.63) is 24.0 Å². The zero-order valence-electron chi connectivity index (χ0n) is 11.9. The Morgan fingerprint density at radius 1 is 1.43 bits per heavy atom. The van der Waals surface area contributed by atoms with Crippen LogP contribution >= 0.6 is 0 Å². The van der Waals surface area contributed by atoms with Crippen LogP contribution in [0.3, 0.4) is 0 Å². The van der Waals surface area contributed by atoms with E-state index >= 15 is 0 Å². The lowest BCUT2D eigenvalue weighted by molar-refractivity contribution is -0.116. The van der Waals surface area contributed by atoms with Crippen molar-refractivity contribution in [1.29, 1.82) is 0 Å². The third kappa shape index (κ3) is 3.84. The molecule has 1 aliphatic rings. The van der Waals surface area contributed by atoms with E-state index in [2.05, 4.69) is 5.32 Å². The highest BCUT2D eigenvalue weighted by Crippen LogP contribution is 2.19. The zero-order chi connectivity index (χ0) is 15.4. The molecule has 0 radical (unpaired) electrons. The van der Waals surface area contributed by atoms with Crippen LogP contribution < -0.4 is 11.1 Å². The van der Waals surface area contributed by atoms with Gasteiger partial charge >= 0.3 is 6.03 Å². The maximum atomic E-state index is 12.9. The number of carbonyl (C=O) groups is 2. The van der Waals surface area contributed by atoms with Crippen molar-refractivity contribution in [3.8, 4) is 0 Å². The highest BCUT2D eigenvalue weighted by atomic mass is 19.1. The first-order valence-electron chi connectivity index (χ1n) is 6.82. The third-order valence-corrected chi connectivity index (χ3v) is 3.42. The summed E-state index contributed by atoms with van der Waals surface area (Å²) in [7, 11) is 1.76. The van der Waals surface area contributed by atoms with Crippen LogP contribution in [0.4, 0.5) is 20.6 Å². The van der Waals surface area contributed by atoms with E-state index in [1.807, 2.05) is 0 Å². The molecule has 1 aromatic rings. The third-order valence-electron chi connectivity index (χ3n) is 3.42. The van der Waals surface area contributed by atoms with Gasteiger partial charge in [-0.1, -0.05) is 0 Å². The summed E-state index contributed by atoms with van der Waals surface area (Å²) >= 11 is 0. The first-order valence-corrected chi connectivity index (χ1v) is 6.82. The van der Waals surface area contributed by atoms with Gasteiger partial charge in [0.15, 0.2) is 0 Å². The Balaban J connectivity index is 1.76. The number of nitrogens with two attached hydrogens (primary N) is 1. The normalized spacial score (nSPS) is 14.7. The van der Waals surface area contributed by atoms with Crippen molar-refractivity contribution in [2.75, 3.05) is 37.7 Å². The first kappa shape index (κ1) is 15.1. The van der Waals surface area contributed by atoms with E-state index < -0.39 is 5.82 Å². The molecule has 0 spiro atoms. The number of amides is 3. The monoisotopic (exact) mass is 294 g/mol. The number of nitrogens with zero attached hydrogens (tertiary/aromatic N) is 2. The Labute approximate surface area is 122 Å². The predicted octanol–water partition coefficient (Wildman–Crippen LogP) is 1.49. The van der Waals surface area contributed by atoms with Gasteiger partial charge in [0.2, 0.25) is 5.91 Å². The molecule has 6 nitrogen and oxygen atoms in total. The average molecular weight is 294 g/mol. The molecule has 1 saturated heterocycles. The van der Waals surface area contributed by atoms with Crippen molar-refractivity contribution in [2.45, 2.75) is 12.8 Å². The number of nitrogen functional groups attached to an aromatic ring is 1. The second-order valence-corrected chi connectivity index (χ2v) is 5.07. The first-order chi connectivity index (χ1) is 9.97. The number of carbonyl (C=O) groups excluding carboxylic acids is 2. The van der Waals surface area contributed by atoms with Crippen LogP contribution in [0.1, 0.15) is 12.8 Å². The summed E-state index contributed by atoms with van der Waals surface area (Å²) in [4.78, 5) is 26.8. The smallest absolute Gasteiger partial charge is 0.319 e. The molecule has 7 heteroatoms. The number of anilines is 2. The molecule has 21 heavy (non-hydrogen) atoms. The predicted molar refractivity (Wildman–Crippen MR) is 78.3 cm³/mol. The van der Waals surface area contributed by atoms with E-state index in [0.29, 0.717) is 25.2 Å². The minimum atomic E-state index is -0.442. The lowest BCUT2D eigenvalue weighted by Crippen LogP contribution is -2.30. The van der Waals surface area contributed by atoms with Gasteiger partial charge in [-0.3, -0.25) is 4.79 Å². The fourth-order valence-electron chi connectivity index (χ4n) is 2.20. The van der Waals surface area contributed by atoms with Gasteiger partial charge in [-0.15, -0.1) is 0 Å². The Hall–Kier alpha value is -2.31. The number of nitrogens with one attached hydrogen (secondary N) is 1. The summed E-state index contributed by atoms with van der Waals surface area (Å²) in [6, 6.07) is 3.83. The van der Waals surface area contributed by atoms with Crippen molar-refractivity contribution < 1.29 is 14.0 Å². The van der Waals surface area contributed by atoms with Gasteiger partial charge < -0.3 is 20.9 Å². The maximum Gasteiger partial charge on any atom is 0.319 e. The van der Waals surface area contributed by atoms with Crippen LogP contribution in [-0.2, 0) is 4.79 Å². The number of hydrogen-bond donors (Lipinski definition) is 2. The van der Waals surface area contributed by atoms with E-state index in [9.17, 15) is 14.0 Å². The molecule has 0 unspecified atom stereocenters. The van der Waals surface area contributed by atoms with E-state index in [1.54, 1.807) is 16.8 Å². The van der Waals surface area contributed by atoms with Gasteiger partial charge in [-0.2, -0.15) is 0 Å². The molecular formula is C14H19FN4O2. The van der Waals surface area contributed by atoms with Gasteiger partial charge in [-0.25, -0.2) is 9.18 Å². The molecule has 0 atom stereocenters. The van der Waals surface area contributed by atoms with Crippen molar-refractivity contribution in [2.24, 2.45) is 0 Å². The van der Waals surface area contributed by atoms with E-state index in [1.165, 1.54) is 12.1 Å². The number of halogens is 1. The lowest BCUT2D eigenvalue weighted by Gasteiger charge is -2.15. The Bertz CT molecular complexity index is 550. The molecule has 1 heterocycles. The van der Waals surface area contributed by atoms with Gasteiger partial charge in [0.1, 0.15) is 5.82 Å². The molecule has 0 aromatic heterocycles. The molecule has 3 amide bonds. The van der Waals surface area contributed by atoms with Crippen LogP contribution in [0.15, 0.2) is 18.2 Å². The highest BCUT2D eigenvalue weighted by molar-refractivity contribution is 5.93. The standard InChI is InChI=1S/C14H19FN4O2/c1-18-7-8-19(14(18)21)6-2-3-13(20)17-12-5-4-10(15)9-11(12)16/h4-5,9H,2-3,6-8,16H2,1H3,(H,17,20). The van der Waals surface area contributed by atoms with Gasteiger partial charge in [0.25, 0.3) is 0 Å². The van der Waals surface area contributed by atoms with Crippen molar-refractivity contribution in [1.82, 2.24) is 9.80 Å². The Morgan fingerprint density at radius 2 is 2.19 bits per heavy atom. The molecule has 1 aliphatic heterocycles. The molecule has 0 saturated carbocycles. The summed E-state index contributed by atoms with van der Waals surface area (Å²) in [5, 5.41) is 2.64. The number of benzene rings is 1. The van der Waals surface area contributed by atoms with Gasteiger partial charge in [0, 0.05) is 33.1 Å². The largest absolute Gasteiger partial charge is 0.397 e. The highest BCUT2D eigenvalue weighted by Gasteiger charge is 2.24. The molecular weight excluding hydrogens is 275 g/mol. The van der Waals surface area contributed by atoms with Crippen LogP contribution in [-0.4, -0.2) is 48.4 Å². The quantitative estimate of drug-likeness (QED) is 0.808. The van der Waals surface area contributed by atoms with Crippen molar-refractivity contribution >= 4 is 23.3 Å². The van der Waals surface area contributed by atoms with Gasteiger partial charge in [-0.05, 0) is 24.6 Å². The Kier molecular flexibility index (Phi) is 4.62. The summed E-state index contributed by atoms with van der Waals surface area (Å²) in [5.74, 6) is -0.643. The number of urea groups is 1. The zero-order valence-corrected chi connectivity index (χ0v) is 11.9. The number of rotatable bonds is 5. The van der Waals surface area contributed by atoms with Crippen LogP contribution in [0.25, 0.3) is 0 Å². The summed E-state index contributed by atoms with van der Waals surface area (Å²) < 4.78 is 12.9. The van der Waals surface area contributed by atoms with Crippen LogP contribution in [0, 0.1) is 5.82 Å². The molecule has 0 bridgehead atoms. The average Bonchev–Trinajstić information content (AvgIpc) is 2.74. The number of likely N-dealkylation sites (N-methyl/N-ethyl adjacent to an activating group) is 1. The topological polar surface area (TPSA) is 78.7 Å². The number of hydrogen-bond acceptors (Lipinski definition) is 3. The minimum absolute atomic E-state index is 0.00168. The SMILES string of the molecule is CN1CCN(CCCC(=O)Nc2ccc(F)cc2N)C1=O. The molecule has 0 aliphatic carbocycles. The molecule has 1 fully saturated rings. The minimum Gasteiger partial charge on any atom is -0.397 e. The molecule has 2 rings (SSSR count). The molecule has 1 aromatic carbocycles. The van der Waals surface area contributed by atoms with Crippen LogP contribution in [0.5, 0.6) is 0 Å². The Morgan fingerprint density at radius 3 is 2.81 bits per heavy atom. The maximum absolute atomic E-state index is 12.9. The second kappa shape index (κ2) is 6.43. The summed E-state index contributed by atoms with van der Waals surface area (Å²) in [6.45, 7) is 1.97. The summed E-state index contributed by atoms with van der Waals surface area (Å²) in [6.07, 6.45) is 0.858. The molecule has 114 valence electrons. The van der Waals surface area contributed by atoms with Crippen LogP contribution in [0.2, 0.25) is 0 Å². The van der Waals surface area contributed by atoms with Gasteiger partial charge in [0.05, 0.1) is 11.4 Å². The van der Waals surface area contributed by atoms with E-state index in [-0.39, 0.29) is 24.0 Å². The fraction of sp³-hybridized carbons (Fsp3) is 0.429. The van der Waals surface area contributed by atoms with E-state index in [4.69, 9.17) is 5.73 Å². The molecule has 3 N–H and O–H groups in total. The van der Waals surface area contributed by atoms with Crippen molar-refractivity contribution in [3.63, 3.8) is 0 Å². The fourth-order valence-corrected chi connectivity index (χ4v) is 2.20. The summed E-state index contributed by atoms with van der Waals surface area (Å²) in [5.41, 5.74) is 6.21. The lowest BCUT2D eigenvalue weighted by atomic mass is 10.2. The van der Waals surface area contributed by atoms with E-state index in [0.717, 1.165) is 12.6 Å².